The van der Waals surface area contributed by atoms with Gasteiger partial charge in [0.1, 0.15) is 0 Å². The van der Waals surface area contributed by atoms with Gasteiger partial charge in [-0.05, 0) is 54.9 Å². The van der Waals surface area contributed by atoms with Gasteiger partial charge in [0, 0.05) is 47.8 Å². The van der Waals surface area contributed by atoms with Crippen LogP contribution in [0.1, 0.15) is 94.1 Å². The summed E-state index contributed by atoms with van der Waals surface area (Å²) in [5, 5.41) is 4.59. The molecule has 2 atom stereocenters. The molecule has 228 valence electrons. The minimum atomic E-state index is -2.99. The molecule has 1 amide bonds. The van der Waals surface area contributed by atoms with Crippen molar-refractivity contribution < 1.29 is 18.4 Å². The lowest BCUT2D eigenvalue weighted by Gasteiger charge is -2.25. The van der Waals surface area contributed by atoms with Crippen molar-refractivity contribution in [3.63, 3.8) is 0 Å². The quantitative estimate of drug-likeness (QED) is 0.248. The van der Waals surface area contributed by atoms with Crippen LogP contribution in [0.15, 0.2) is 72.3 Å². The number of halogens is 2. The number of rotatable bonds is 12. The van der Waals surface area contributed by atoms with E-state index in [1.165, 1.54) is 17.1 Å². The number of alkyl halides is 2. The second-order valence-corrected chi connectivity index (χ2v) is 11.8. The second kappa shape index (κ2) is 16.3. The predicted octanol–water partition coefficient (Wildman–Crippen LogP) is 9.45. The number of hydrogen-bond acceptors (Lipinski definition) is 5. The number of nitrogens with zero attached hydrogens (tertiary/aromatic N) is 2. The Morgan fingerprint density at radius 3 is 2.45 bits per heavy atom. The molecule has 2 aromatic heterocycles. The summed E-state index contributed by atoms with van der Waals surface area (Å²) in [6, 6.07) is 1.27. The fourth-order valence-corrected chi connectivity index (χ4v) is 5.22. The first kappa shape index (κ1) is 34.8. The van der Waals surface area contributed by atoms with E-state index in [0.717, 1.165) is 56.5 Å². The summed E-state index contributed by atoms with van der Waals surface area (Å²) >= 11 is 1.59. The molecule has 42 heavy (non-hydrogen) atoms. The monoisotopic (exact) mass is 597 g/mol. The van der Waals surface area contributed by atoms with Gasteiger partial charge in [0.15, 0.2) is 5.78 Å². The van der Waals surface area contributed by atoms with Crippen molar-refractivity contribution in [3.05, 3.63) is 93.9 Å². The molecule has 0 aliphatic carbocycles. The van der Waals surface area contributed by atoms with E-state index in [2.05, 4.69) is 51.5 Å². The molecule has 0 saturated carbocycles. The number of ketones is 1. The van der Waals surface area contributed by atoms with Gasteiger partial charge in [-0.15, -0.1) is 11.3 Å². The highest BCUT2D eigenvalue weighted by Gasteiger charge is 2.25. The SMILES string of the molecule is C=C1C=CC=CN1/C(=C\C(C)CC)C(C)=O.CCc1scc(C(=O)Nc2cncc(C(C)(F)F)c2)c1CCC(C)CC. The molecule has 0 saturated heterocycles. The first-order valence-electron chi connectivity index (χ1n) is 14.6. The van der Waals surface area contributed by atoms with Gasteiger partial charge in [-0.1, -0.05) is 66.2 Å². The van der Waals surface area contributed by atoms with Crippen molar-refractivity contribution in [1.29, 1.82) is 0 Å². The highest BCUT2D eigenvalue weighted by atomic mass is 32.1. The number of aryl methyl sites for hydroxylation is 1. The van der Waals surface area contributed by atoms with Crippen molar-refractivity contribution in [3.8, 4) is 0 Å². The van der Waals surface area contributed by atoms with Crippen LogP contribution in [0.25, 0.3) is 0 Å². The largest absolute Gasteiger partial charge is 0.321 e. The number of carbonyl (C=O) groups is 2. The second-order valence-electron chi connectivity index (χ2n) is 10.8. The minimum absolute atomic E-state index is 0.0707. The average Bonchev–Trinajstić information content (AvgIpc) is 3.38. The van der Waals surface area contributed by atoms with Crippen LogP contribution in [-0.4, -0.2) is 21.6 Å². The van der Waals surface area contributed by atoms with Crippen LogP contribution in [0, 0.1) is 11.8 Å². The third-order valence-electron chi connectivity index (χ3n) is 7.28. The molecule has 0 fully saturated rings. The van der Waals surface area contributed by atoms with Gasteiger partial charge >= 0.3 is 0 Å². The van der Waals surface area contributed by atoms with Crippen LogP contribution in [0.5, 0.6) is 0 Å². The zero-order valence-electron chi connectivity index (χ0n) is 26.0. The fourth-order valence-electron chi connectivity index (χ4n) is 4.19. The lowest BCUT2D eigenvalue weighted by Crippen LogP contribution is -2.21. The maximum Gasteiger partial charge on any atom is 0.272 e. The zero-order chi connectivity index (χ0) is 31.4. The lowest BCUT2D eigenvalue weighted by atomic mass is 9.96. The molecule has 0 aromatic carbocycles. The fraction of sp³-hybridized carbons (Fsp3) is 0.441. The molecule has 3 heterocycles. The Morgan fingerprint density at radius 1 is 1.17 bits per heavy atom. The van der Waals surface area contributed by atoms with E-state index in [-0.39, 0.29) is 22.9 Å². The molecular formula is C34H45F2N3O2S. The van der Waals surface area contributed by atoms with Crippen LogP contribution < -0.4 is 5.32 Å². The minimum Gasteiger partial charge on any atom is -0.321 e. The van der Waals surface area contributed by atoms with Crippen LogP contribution in [-0.2, 0) is 23.6 Å². The van der Waals surface area contributed by atoms with Crippen molar-refractivity contribution in [1.82, 2.24) is 9.88 Å². The Bertz CT molecular complexity index is 1320. The third kappa shape index (κ3) is 10.2. The lowest BCUT2D eigenvalue weighted by molar-refractivity contribution is -0.114. The zero-order valence-corrected chi connectivity index (χ0v) is 26.8. The number of anilines is 1. The first-order chi connectivity index (χ1) is 19.8. The number of nitrogens with one attached hydrogen (secondary N) is 1. The highest BCUT2D eigenvalue weighted by molar-refractivity contribution is 7.10. The van der Waals surface area contributed by atoms with E-state index in [1.54, 1.807) is 18.3 Å². The molecule has 0 radical (unpaired) electrons. The summed E-state index contributed by atoms with van der Waals surface area (Å²) in [5.74, 6) is -2.19. The van der Waals surface area contributed by atoms with Gasteiger partial charge < -0.3 is 10.2 Å². The van der Waals surface area contributed by atoms with Crippen molar-refractivity contribution in [2.75, 3.05) is 5.32 Å². The van der Waals surface area contributed by atoms with E-state index >= 15 is 0 Å². The molecule has 2 aromatic rings. The number of pyridine rings is 1. The average molecular weight is 598 g/mol. The van der Waals surface area contributed by atoms with Gasteiger partial charge in [-0.2, -0.15) is 0 Å². The molecule has 0 spiro atoms. The number of amides is 1. The topological polar surface area (TPSA) is 62.3 Å². The number of thiophene rings is 1. The third-order valence-corrected chi connectivity index (χ3v) is 8.46. The molecule has 1 aliphatic heterocycles. The number of allylic oxidation sites excluding steroid dienone is 5. The molecule has 2 unspecified atom stereocenters. The molecule has 1 aliphatic rings. The van der Waals surface area contributed by atoms with Crippen molar-refractivity contribution in [2.24, 2.45) is 11.8 Å². The van der Waals surface area contributed by atoms with E-state index in [1.807, 2.05) is 40.8 Å². The number of aromatic nitrogens is 1. The van der Waals surface area contributed by atoms with Gasteiger partial charge in [0.25, 0.3) is 11.8 Å². The predicted molar refractivity (Wildman–Crippen MR) is 171 cm³/mol. The Balaban J connectivity index is 0.000000330. The molecule has 1 N–H and O–H groups in total. The van der Waals surface area contributed by atoms with E-state index in [0.29, 0.717) is 23.1 Å². The summed E-state index contributed by atoms with van der Waals surface area (Å²) in [6.45, 7) is 17.0. The normalized spacial score (nSPS) is 14.7. The van der Waals surface area contributed by atoms with E-state index in [4.69, 9.17) is 0 Å². The van der Waals surface area contributed by atoms with Gasteiger partial charge in [-0.3, -0.25) is 14.6 Å². The summed E-state index contributed by atoms with van der Waals surface area (Å²) in [7, 11) is 0. The highest BCUT2D eigenvalue weighted by Crippen LogP contribution is 2.30. The first-order valence-corrected chi connectivity index (χ1v) is 15.5. The molecular weight excluding hydrogens is 552 g/mol. The van der Waals surface area contributed by atoms with Gasteiger partial charge in [0.2, 0.25) is 0 Å². The molecule has 8 heteroatoms. The maximum absolute atomic E-state index is 13.5. The summed E-state index contributed by atoms with van der Waals surface area (Å²) < 4.78 is 26.9. The molecule has 0 bridgehead atoms. The van der Waals surface area contributed by atoms with E-state index < -0.39 is 5.92 Å². The van der Waals surface area contributed by atoms with Crippen LogP contribution in [0.4, 0.5) is 14.5 Å². The Morgan fingerprint density at radius 2 is 1.88 bits per heavy atom. The van der Waals surface area contributed by atoms with Crippen molar-refractivity contribution >= 4 is 28.7 Å². The molecule has 5 nitrogen and oxygen atoms in total. The van der Waals surface area contributed by atoms with Crippen molar-refractivity contribution in [2.45, 2.75) is 86.5 Å². The van der Waals surface area contributed by atoms with E-state index in [9.17, 15) is 18.4 Å². The number of carbonyl (C=O) groups excluding carboxylic acids is 2. The standard InChI is InChI=1S/C20H26F2N2OS.C14H19NO/c1-5-13(3)7-8-16-17(12-26-18(16)6-2)19(25)24-15-9-14(10-23-11-15)20(4,21)22;1-5-11(2)10-14(13(4)16)15-9-7-6-8-12(15)3/h9-13H,5-8H2,1-4H3,(H,24,25);6-11H,3,5H2,1-2,4H3/b;14-10-. The van der Waals surface area contributed by atoms with Crippen LogP contribution in [0.3, 0.4) is 0 Å². The summed E-state index contributed by atoms with van der Waals surface area (Å²) in [4.78, 5) is 31.2. The number of Topliss-reactive ketones (excluding diaryl/α,β-unsaturated/α-hetero) is 1. The summed E-state index contributed by atoms with van der Waals surface area (Å²) in [5.41, 5.74) is 3.33. The number of hydrogen-bond donors (Lipinski definition) is 1. The van der Waals surface area contributed by atoms with Crippen LogP contribution >= 0.6 is 11.3 Å². The molecule has 3 rings (SSSR count). The van der Waals surface area contributed by atoms with Gasteiger partial charge in [0.05, 0.1) is 23.1 Å². The maximum atomic E-state index is 13.5. The Labute approximate surface area is 254 Å². The Kier molecular flexibility index (Phi) is 13.5. The van der Waals surface area contributed by atoms with Crippen LogP contribution in [0.2, 0.25) is 0 Å². The Hall–Kier alpha value is -3.39. The van der Waals surface area contributed by atoms with Gasteiger partial charge in [-0.25, -0.2) is 8.78 Å². The summed E-state index contributed by atoms with van der Waals surface area (Å²) in [6.07, 6.45) is 17.0. The smallest absolute Gasteiger partial charge is 0.272 e.